The van der Waals surface area contributed by atoms with E-state index in [1.54, 1.807) is 0 Å². The maximum atomic E-state index is 12.9. The Morgan fingerprint density at radius 1 is 1.00 bits per heavy atom. The van der Waals surface area contributed by atoms with E-state index in [9.17, 15) is 13.2 Å². The average molecular weight is 402 g/mol. The Kier molecular flexibility index (Phi) is 6.83. The van der Waals surface area contributed by atoms with Gasteiger partial charge in [-0.2, -0.15) is 17.0 Å². The number of hydrogen-bond acceptors (Lipinski definition) is 3. The van der Waals surface area contributed by atoms with Gasteiger partial charge < -0.3 is 5.32 Å². The predicted octanol–water partition coefficient (Wildman–Crippen LogP) is 2.11. The molecule has 6 nitrogen and oxygen atoms in total. The molecule has 150 valence electrons. The van der Waals surface area contributed by atoms with Crippen LogP contribution in [-0.2, 0) is 28.0 Å². The standard InChI is InChI=1S/C21H27N3O3S/c1-18-7-5-10-20(15-18)16-23-13-6-14-24(28(23,26)27)17-21(25)22-12-11-19-8-3-2-4-9-19/h2-5,7-10,15H,6,11-14,16-17H2,1H3,(H,22,25). The van der Waals surface area contributed by atoms with E-state index >= 15 is 0 Å². The molecule has 3 rings (SSSR count). The molecule has 28 heavy (non-hydrogen) atoms. The SMILES string of the molecule is Cc1cccc(CN2CCCN(CC(=O)NCCc3ccccc3)S2(=O)=O)c1. The van der Waals surface area contributed by atoms with E-state index in [0.29, 0.717) is 32.6 Å². The first-order valence-corrected chi connectivity index (χ1v) is 11.0. The molecule has 0 unspecified atom stereocenters. The fourth-order valence-corrected chi connectivity index (χ4v) is 5.00. The lowest BCUT2D eigenvalue weighted by Crippen LogP contribution is -2.52. The topological polar surface area (TPSA) is 69.7 Å². The fourth-order valence-electron chi connectivity index (χ4n) is 3.36. The molecule has 0 bridgehead atoms. The van der Waals surface area contributed by atoms with Crippen LogP contribution in [0.5, 0.6) is 0 Å². The Bertz CT molecular complexity index is 900. The fraction of sp³-hybridized carbons (Fsp3) is 0.381. The summed E-state index contributed by atoms with van der Waals surface area (Å²) in [4.78, 5) is 12.3. The van der Waals surface area contributed by atoms with Gasteiger partial charge in [-0.15, -0.1) is 0 Å². The quantitative estimate of drug-likeness (QED) is 0.773. The van der Waals surface area contributed by atoms with Gasteiger partial charge in [0.25, 0.3) is 10.2 Å². The van der Waals surface area contributed by atoms with Crippen molar-refractivity contribution in [2.45, 2.75) is 26.3 Å². The second kappa shape index (κ2) is 9.32. The summed E-state index contributed by atoms with van der Waals surface area (Å²) in [6, 6.07) is 17.7. The molecule has 7 heteroatoms. The largest absolute Gasteiger partial charge is 0.355 e. The third-order valence-electron chi connectivity index (χ3n) is 4.81. The van der Waals surface area contributed by atoms with Crippen LogP contribution in [0.15, 0.2) is 54.6 Å². The second-order valence-electron chi connectivity index (χ2n) is 7.10. The molecule has 1 amide bonds. The Morgan fingerprint density at radius 2 is 1.71 bits per heavy atom. The molecule has 0 atom stereocenters. The van der Waals surface area contributed by atoms with Gasteiger partial charge in [0.2, 0.25) is 5.91 Å². The summed E-state index contributed by atoms with van der Waals surface area (Å²) in [6.45, 7) is 3.52. The number of rotatable bonds is 7. The van der Waals surface area contributed by atoms with Crippen LogP contribution in [0.3, 0.4) is 0 Å². The van der Waals surface area contributed by atoms with E-state index in [1.165, 1.54) is 8.61 Å². The number of nitrogens with zero attached hydrogens (tertiary/aromatic N) is 2. The molecule has 1 fully saturated rings. The number of amides is 1. The highest BCUT2D eigenvalue weighted by atomic mass is 32.2. The molecule has 2 aromatic carbocycles. The zero-order chi connectivity index (χ0) is 20.0. The van der Waals surface area contributed by atoms with E-state index < -0.39 is 10.2 Å². The highest BCUT2D eigenvalue weighted by molar-refractivity contribution is 7.86. The molecule has 2 aromatic rings. The second-order valence-corrected chi connectivity index (χ2v) is 9.03. The average Bonchev–Trinajstić information content (AvgIpc) is 2.66. The molecular formula is C21H27N3O3S. The number of carbonyl (C=O) groups is 1. The minimum Gasteiger partial charge on any atom is -0.355 e. The van der Waals surface area contributed by atoms with Crippen molar-refractivity contribution < 1.29 is 13.2 Å². The summed E-state index contributed by atoms with van der Waals surface area (Å²) >= 11 is 0. The first-order valence-electron chi connectivity index (χ1n) is 9.56. The minimum atomic E-state index is -3.64. The monoisotopic (exact) mass is 401 g/mol. The zero-order valence-electron chi connectivity index (χ0n) is 16.2. The van der Waals surface area contributed by atoms with Gasteiger partial charge in [-0.3, -0.25) is 4.79 Å². The van der Waals surface area contributed by atoms with Crippen LogP contribution in [-0.4, -0.2) is 49.1 Å². The van der Waals surface area contributed by atoms with Crippen molar-refractivity contribution in [3.8, 4) is 0 Å². The maximum absolute atomic E-state index is 12.9. The summed E-state index contributed by atoms with van der Waals surface area (Å²) in [7, 11) is -3.64. The van der Waals surface area contributed by atoms with Crippen LogP contribution in [0.2, 0.25) is 0 Å². The van der Waals surface area contributed by atoms with E-state index in [-0.39, 0.29) is 12.5 Å². The van der Waals surface area contributed by atoms with Gasteiger partial charge in [0.05, 0.1) is 6.54 Å². The molecule has 1 saturated heterocycles. The molecule has 1 N–H and O–H groups in total. The highest BCUT2D eigenvalue weighted by Gasteiger charge is 2.34. The summed E-state index contributed by atoms with van der Waals surface area (Å²) in [5, 5.41) is 2.82. The molecule has 1 heterocycles. The summed E-state index contributed by atoms with van der Waals surface area (Å²) in [5.74, 6) is -0.267. The third-order valence-corrected chi connectivity index (χ3v) is 6.74. The molecular weight excluding hydrogens is 374 g/mol. The Morgan fingerprint density at radius 3 is 2.46 bits per heavy atom. The third kappa shape index (κ3) is 5.41. The Balaban J connectivity index is 1.55. The van der Waals surface area contributed by atoms with Crippen molar-refractivity contribution in [3.63, 3.8) is 0 Å². The number of hydrogen-bond donors (Lipinski definition) is 1. The van der Waals surface area contributed by atoms with Gasteiger partial charge in [0.1, 0.15) is 0 Å². The van der Waals surface area contributed by atoms with Crippen molar-refractivity contribution in [2.24, 2.45) is 0 Å². The van der Waals surface area contributed by atoms with Crippen molar-refractivity contribution in [3.05, 3.63) is 71.3 Å². The van der Waals surface area contributed by atoms with Gasteiger partial charge in [0, 0.05) is 26.2 Å². The molecule has 1 aliphatic rings. The van der Waals surface area contributed by atoms with Crippen molar-refractivity contribution in [1.82, 2.24) is 13.9 Å². The lowest BCUT2D eigenvalue weighted by molar-refractivity contribution is -0.121. The maximum Gasteiger partial charge on any atom is 0.282 e. The molecule has 1 aliphatic heterocycles. The molecule has 0 aromatic heterocycles. The van der Waals surface area contributed by atoms with Gasteiger partial charge in [-0.1, -0.05) is 60.2 Å². The van der Waals surface area contributed by atoms with Gasteiger partial charge in [-0.05, 0) is 30.9 Å². The van der Waals surface area contributed by atoms with E-state index in [4.69, 9.17) is 0 Å². The first-order chi connectivity index (χ1) is 13.4. The lowest BCUT2D eigenvalue weighted by Gasteiger charge is -2.34. The number of aryl methyl sites for hydroxylation is 1. The number of benzene rings is 2. The highest BCUT2D eigenvalue weighted by Crippen LogP contribution is 2.19. The van der Waals surface area contributed by atoms with Crippen LogP contribution < -0.4 is 5.32 Å². The van der Waals surface area contributed by atoms with Gasteiger partial charge in [-0.25, -0.2) is 0 Å². The van der Waals surface area contributed by atoms with Crippen LogP contribution in [0, 0.1) is 6.92 Å². The zero-order valence-corrected chi connectivity index (χ0v) is 17.0. The summed E-state index contributed by atoms with van der Waals surface area (Å²) in [5.41, 5.74) is 3.19. The number of carbonyl (C=O) groups excluding carboxylic acids is 1. The predicted molar refractivity (Wildman–Crippen MR) is 110 cm³/mol. The Hall–Kier alpha value is -2.22. The van der Waals surface area contributed by atoms with E-state index in [0.717, 1.165) is 23.1 Å². The van der Waals surface area contributed by atoms with Gasteiger partial charge >= 0.3 is 0 Å². The van der Waals surface area contributed by atoms with Crippen LogP contribution in [0.1, 0.15) is 23.1 Å². The normalized spacial score (nSPS) is 17.3. The summed E-state index contributed by atoms with van der Waals surface area (Å²) < 4.78 is 28.6. The lowest BCUT2D eigenvalue weighted by atomic mass is 10.1. The number of nitrogens with one attached hydrogen (secondary N) is 1. The molecule has 0 radical (unpaired) electrons. The first kappa shape index (κ1) is 20.5. The van der Waals surface area contributed by atoms with E-state index in [1.807, 2.05) is 61.5 Å². The summed E-state index contributed by atoms with van der Waals surface area (Å²) in [6.07, 6.45) is 1.43. The van der Waals surface area contributed by atoms with E-state index in [2.05, 4.69) is 5.32 Å². The minimum absolute atomic E-state index is 0.137. The van der Waals surface area contributed by atoms with Crippen molar-refractivity contribution in [1.29, 1.82) is 0 Å². The van der Waals surface area contributed by atoms with Crippen LogP contribution in [0.25, 0.3) is 0 Å². The molecule has 0 spiro atoms. The molecule has 0 aliphatic carbocycles. The molecule has 0 saturated carbocycles. The van der Waals surface area contributed by atoms with Gasteiger partial charge in [0.15, 0.2) is 0 Å². The smallest absolute Gasteiger partial charge is 0.282 e. The van der Waals surface area contributed by atoms with Crippen molar-refractivity contribution >= 4 is 16.1 Å². The van der Waals surface area contributed by atoms with Crippen LogP contribution in [0.4, 0.5) is 0 Å². The Labute approximate surface area is 167 Å². The van der Waals surface area contributed by atoms with Crippen LogP contribution >= 0.6 is 0 Å². The van der Waals surface area contributed by atoms with Crippen molar-refractivity contribution in [2.75, 3.05) is 26.2 Å².